The molecule has 2 heterocycles. The molecule has 0 spiro atoms. The molecule has 0 radical (unpaired) electrons. The van der Waals surface area contributed by atoms with Crippen molar-refractivity contribution >= 4 is 5.91 Å². The van der Waals surface area contributed by atoms with Gasteiger partial charge in [-0.3, -0.25) is 9.69 Å². The Morgan fingerprint density at radius 3 is 2.68 bits per heavy atom. The molecule has 1 amide bonds. The van der Waals surface area contributed by atoms with Crippen LogP contribution in [0.5, 0.6) is 0 Å². The first kappa shape index (κ1) is 15.5. The number of likely N-dealkylation sites (tertiary alicyclic amines) is 1. The van der Waals surface area contributed by atoms with Gasteiger partial charge >= 0.3 is 0 Å². The number of carbonyl (C=O) groups excluding carboxylic acids is 1. The van der Waals surface area contributed by atoms with Gasteiger partial charge in [0, 0.05) is 25.7 Å². The number of rotatable bonds is 4. The molecule has 0 bridgehead atoms. The van der Waals surface area contributed by atoms with E-state index in [9.17, 15) is 4.79 Å². The van der Waals surface area contributed by atoms with Gasteiger partial charge in [-0.1, -0.05) is 37.3 Å². The van der Waals surface area contributed by atoms with E-state index in [4.69, 9.17) is 4.74 Å². The maximum Gasteiger partial charge on any atom is 0.249 e. The number of hydrogen-bond donors (Lipinski definition) is 1. The Morgan fingerprint density at radius 2 is 2.00 bits per heavy atom. The highest BCUT2D eigenvalue weighted by atomic mass is 16.5. The smallest absolute Gasteiger partial charge is 0.249 e. The van der Waals surface area contributed by atoms with Crippen molar-refractivity contribution in [2.45, 2.75) is 51.5 Å². The predicted molar refractivity (Wildman–Crippen MR) is 86.4 cm³/mol. The Labute approximate surface area is 132 Å². The van der Waals surface area contributed by atoms with Crippen LogP contribution < -0.4 is 5.32 Å². The molecule has 120 valence electrons. The minimum atomic E-state index is -0.245. The summed E-state index contributed by atoms with van der Waals surface area (Å²) in [7, 11) is 0. The molecule has 4 heteroatoms. The summed E-state index contributed by atoms with van der Waals surface area (Å²) in [5.41, 5.74) is 1.33. The lowest BCUT2D eigenvalue weighted by atomic mass is 10.1. The lowest BCUT2D eigenvalue weighted by molar-refractivity contribution is -0.132. The van der Waals surface area contributed by atoms with E-state index >= 15 is 0 Å². The van der Waals surface area contributed by atoms with E-state index in [1.165, 1.54) is 5.56 Å². The third kappa shape index (κ3) is 3.68. The van der Waals surface area contributed by atoms with E-state index in [1.807, 2.05) is 13.0 Å². The molecular weight excluding hydrogens is 276 g/mol. The van der Waals surface area contributed by atoms with Crippen LogP contribution in [-0.2, 0) is 16.1 Å². The van der Waals surface area contributed by atoms with Gasteiger partial charge < -0.3 is 10.1 Å². The molecule has 0 aromatic heterocycles. The second-order valence-corrected chi connectivity index (χ2v) is 6.78. The van der Waals surface area contributed by atoms with E-state index in [-0.39, 0.29) is 24.2 Å². The number of amides is 1. The Kier molecular flexibility index (Phi) is 4.79. The summed E-state index contributed by atoms with van der Waals surface area (Å²) < 4.78 is 5.67. The van der Waals surface area contributed by atoms with Crippen LogP contribution in [0.3, 0.4) is 0 Å². The zero-order chi connectivity index (χ0) is 15.5. The normalized spacial score (nSPS) is 32.3. The first-order valence-electron chi connectivity index (χ1n) is 8.34. The number of ether oxygens (including phenoxy) is 1. The topological polar surface area (TPSA) is 41.6 Å². The van der Waals surface area contributed by atoms with Gasteiger partial charge in [0.25, 0.3) is 0 Å². The molecule has 2 aliphatic rings. The van der Waals surface area contributed by atoms with Gasteiger partial charge in [0.2, 0.25) is 5.91 Å². The van der Waals surface area contributed by atoms with Crippen LogP contribution in [0.25, 0.3) is 0 Å². The molecular formula is C18H26N2O2. The standard InChI is InChI=1S/C18H26N2O2/c1-13-10-20(11-15-6-4-3-5-7-15)12-16(13)19-18(21)17-9-8-14(2)22-17/h3-7,13-14,16-17H,8-12H2,1-2H3,(H,19,21)/t13-,14-,16-,17-/m1/s1. The van der Waals surface area contributed by atoms with Crippen LogP contribution in [0, 0.1) is 5.92 Å². The largest absolute Gasteiger partial charge is 0.365 e. The molecule has 2 fully saturated rings. The fraction of sp³-hybridized carbons (Fsp3) is 0.611. The van der Waals surface area contributed by atoms with Crippen LogP contribution in [0.4, 0.5) is 0 Å². The van der Waals surface area contributed by atoms with Gasteiger partial charge in [0.05, 0.1) is 6.10 Å². The van der Waals surface area contributed by atoms with E-state index in [2.05, 4.69) is 41.4 Å². The Balaban J connectivity index is 1.51. The summed E-state index contributed by atoms with van der Waals surface area (Å²) in [6.07, 6.45) is 1.80. The first-order valence-corrected chi connectivity index (χ1v) is 8.34. The molecule has 0 unspecified atom stereocenters. The van der Waals surface area contributed by atoms with Gasteiger partial charge in [-0.15, -0.1) is 0 Å². The Morgan fingerprint density at radius 1 is 1.23 bits per heavy atom. The van der Waals surface area contributed by atoms with Crippen molar-refractivity contribution < 1.29 is 9.53 Å². The molecule has 2 aliphatic heterocycles. The molecule has 1 aromatic carbocycles. The van der Waals surface area contributed by atoms with E-state index < -0.39 is 0 Å². The van der Waals surface area contributed by atoms with Crippen molar-refractivity contribution in [1.29, 1.82) is 0 Å². The lowest BCUT2D eigenvalue weighted by Crippen LogP contribution is -2.44. The van der Waals surface area contributed by atoms with Crippen molar-refractivity contribution in [2.75, 3.05) is 13.1 Å². The molecule has 2 saturated heterocycles. The van der Waals surface area contributed by atoms with Gasteiger partial charge in [0.15, 0.2) is 0 Å². The van der Waals surface area contributed by atoms with Crippen molar-refractivity contribution in [1.82, 2.24) is 10.2 Å². The van der Waals surface area contributed by atoms with Crippen molar-refractivity contribution in [3.05, 3.63) is 35.9 Å². The highest BCUT2D eigenvalue weighted by molar-refractivity contribution is 5.81. The highest BCUT2D eigenvalue weighted by Gasteiger charge is 2.34. The number of benzene rings is 1. The van der Waals surface area contributed by atoms with Crippen LogP contribution in [0.2, 0.25) is 0 Å². The summed E-state index contributed by atoms with van der Waals surface area (Å²) in [5, 5.41) is 3.20. The van der Waals surface area contributed by atoms with E-state index in [0.29, 0.717) is 5.92 Å². The fourth-order valence-corrected chi connectivity index (χ4v) is 3.50. The van der Waals surface area contributed by atoms with Crippen molar-refractivity contribution in [3.8, 4) is 0 Å². The summed E-state index contributed by atoms with van der Waals surface area (Å²) in [4.78, 5) is 14.7. The third-order valence-corrected chi connectivity index (χ3v) is 4.79. The summed E-state index contributed by atoms with van der Waals surface area (Å²) in [6, 6.07) is 10.7. The molecule has 1 N–H and O–H groups in total. The van der Waals surface area contributed by atoms with Crippen molar-refractivity contribution in [3.63, 3.8) is 0 Å². The Bertz CT molecular complexity index is 505. The van der Waals surface area contributed by atoms with Crippen LogP contribution >= 0.6 is 0 Å². The quantitative estimate of drug-likeness (QED) is 0.927. The second kappa shape index (κ2) is 6.80. The molecule has 22 heavy (non-hydrogen) atoms. The maximum absolute atomic E-state index is 12.3. The average molecular weight is 302 g/mol. The average Bonchev–Trinajstić information content (AvgIpc) is 3.07. The van der Waals surface area contributed by atoms with Gasteiger partial charge in [-0.05, 0) is 31.2 Å². The molecule has 0 aliphatic carbocycles. The van der Waals surface area contributed by atoms with Gasteiger partial charge in [0.1, 0.15) is 6.10 Å². The summed E-state index contributed by atoms with van der Waals surface area (Å²) in [5.74, 6) is 0.550. The van der Waals surface area contributed by atoms with Crippen molar-refractivity contribution in [2.24, 2.45) is 5.92 Å². The van der Waals surface area contributed by atoms with Gasteiger partial charge in [-0.2, -0.15) is 0 Å². The lowest BCUT2D eigenvalue weighted by Gasteiger charge is -2.20. The third-order valence-electron chi connectivity index (χ3n) is 4.79. The van der Waals surface area contributed by atoms with E-state index in [1.54, 1.807) is 0 Å². The monoisotopic (exact) mass is 302 g/mol. The highest BCUT2D eigenvalue weighted by Crippen LogP contribution is 2.22. The minimum Gasteiger partial charge on any atom is -0.365 e. The molecule has 1 aromatic rings. The summed E-state index contributed by atoms with van der Waals surface area (Å²) in [6.45, 7) is 7.15. The fourth-order valence-electron chi connectivity index (χ4n) is 3.50. The number of hydrogen-bond acceptors (Lipinski definition) is 3. The zero-order valence-corrected chi connectivity index (χ0v) is 13.5. The molecule has 4 atom stereocenters. The second-order valence-electron chi connectivity index (χ2n) is 6.78. The van der Waals surface area contributed by atoms with Gasteiger partial charge in [-0.25, -0.2) is 0 Å². The predicted octanol–water partition coefficient (Wildman–Crippen LogP) is 2.19. The van der Waals surface area contributed by atoms with Crippen LogP contribution in [0.15, 0.2) is 30.3 Å². The molecule has 4 nitrogen and oxygen atoms in total. The SMILES string of the molecule is C[C@@H]1CC[C@H](C(=O)N[C@@H]2CN(Cc3ccccc3)C[C@H]2C)O1. The zero-order valence-electron chi connectivity index (χ0n) is 13.5. The van der Waals surface area contributed by atoms with Crippen LogP contribution in [-0.4, -0.2) is 42.1 Å². The van der Waals surface area contributed by atoms with Crippen LogP contribution in [0.1, 0.15) is 32.3 Å². The number of nitrogens with zero attached hydrogens (tertiary/aromatic N) is 1. The molecule has 0 saturated carbocycles. The van der Waals surface area contributed by atoms with E-state index in [0.717, 1.165) is 32.5 Å². The summed E-state index contributed by atoms with van der Waals surface area (Å²) >= 11 is 0. The minimum absolute atomic E-state index is 0.0720. The maximum atomic E-state index is 12.3. The Hall–Kier alpha value is -1.39. The molecule has 3 rings (SSSR count). The number of carbonyl (C=O) groups is 1. The first-order chi connectivity index (χ1) is 10.6. The number of nitrogens with one attached hydrogen (secondary N) is 1.